The molecule has 1 aromatic carbocycles. The molecule has 22 heavy (non-hydrogen) atoms. The van der Waals surface area contributed by atoms with Crippen LogP contribution >= 0.6 is 0 Å². The van der Waals surface area contributed by atoms with Crippen LogP contribution in [0.25, 0.3) is 0 Å². The summed E-state index contributed by atoms with van der Waals surface area (Å²) in [6.07, 6.45) is -3.29. The first-order chi connectivity index (χ1) is 10.3. The first-order valence-electron chi connectivity index (χ1n) is 6.74. The van der Waals surface area contributed by atoms with Crippen molar-refractivity contribution >= 4 is 11.7 Å². The van der Waals surface area contributed by atoms with Gasteiger partial charge in [-0.15, -0.1) is 0 Å². The number of imidazole rings is 1. The molecule has 0 bridgehead atoms. The molecule has 0 aliphatic heterocycles. The third-order valence-electron chi connectivity index (χ3n) is 3.92. The maximum absolute atomic E-state index is 12.8. The van der Waals surface area contributed by atoms with E-state index < -0.39 is 11.9 Å². The predicted octanol–water partition coefficient (Wildman–Crippen LogP) is 3.20. The van der Waals surface area contributed by atoms with Gasteiger partial charge in [0, 0.05) is 32.3 Å². The molecule has 116 valence electrons. The summed E-state index contributed by atoms with van der Waals surface area (Å²) in [4.78, 5) is 17.3. The van der Waals surface area contributed by atoms with Crippen LogP contribution < -0.4 is 4.90 Å². The SMILES string of the molecule is CN(c1nc(C(F)(F)F)cn1C)C1CC(=O)c2ccccc21. The van der Waals surface area contributed by atoms with Crippen LogP contribution in [0.3, 0.4) is 0 Å². The zero-order valence-corrected chi connectivity index (χ0v) is 12.1. The number of fused-ring (bicyclic) bond motifs is 1. The molecule has 0 radical (unpaired) electrons. The van der Waals surface area contributed by atoms with E-state index in [-0.39, 0.29) is 24.2 Å². The predicted molar refractivity (Wildman–Crippen MR) is 74.7 cm³/mol. The number of benzene rings is 1. The molecule has 0 spiro atoms. The Morgan fingerprint density at radius 2 is 2.00 bits per heavy atom. The second kappa shape index (κ2) is 4.86. The van der Waals surface area contributed by atoms with Gasteiger partial charge in [0.1, 0.15) is 0 Å². The number of ketones is 1. The minimum Gasteiger partial charge on any atom is -0.338 e. The zero-order chi connectivity index (χ0) is 16.1. The Kier molecular flexibility index (Phi) is 3.23. The molecule has 0 fully saturated rings. The summed E-state index contributed by atoms with van der Waals surface area (Å²) >= 11 is 0. The van der Waals surface area contributed by atoms with Crippen LogP contribution in [-0.2, 0) is 13.2 Å². The van der Waals surface area contributed by atoms with E-state index in [1.165, 1.54) is 11.6 Å². The van der Waals surface area contributed by atoms with Crippen LogP contribution in [0.1, 0.15) is 34.1 Å². The van der Waals surface area contributed by atoms with E-state index in [0.29, 0.717) is 5.56 Å². The summed E-state index contributed by atoms with van der Waals surface area (Å²) in [5, 5.41) is 0. The Balaban J connectivity index is 1.98. The Hall–Kier alpha value is -2.31. The average Bonchev–Trinajstić information content (AvgIpc) is 3.00. The van der Waals surface area contributed by atoms with Gasteiger partial charge in [-0.3, -0.25) is 4.79 Å². The van der Waals surface area contributed by atoms with Gasteiger partial charge in [-0.1, -0.05) is 24.3 Å². The normalized spacial score (nSPS) is 17.7. The van der Waals surface area contributed by atoms with Crippen molar-refractivity contribution in [3.8, 4) is 0 Å². The van der Waals surface area contributed by atoms with Crippen LogP contribution in [0, 0.1) is 0 Å². The molecule has 1 aliphatic rings. The minimum absolute atomic E-state index is 0.00213. The molecule has 1 aliphatic carbocycles. The molecule has 0 amide bonds. The van der Waals surface area contributed by atoms with Gasteiger partial charge in [0.2, 0.25) is 5.95 Å². The highest BCUT2D eigenvalue weighted by Gasteiger charge is 2.37. The number of carbonyl (C=O) groups excluding carboxylic acids is 1. The number of aryl methyl sites for hydroxylation is 1. The summed E-state index contributed by atoms with van der Waals surface area (Å²) in [5.41, 5.74) is 0.519. The molecule has 0 N–H and O–H groups in total. The summed E-state index contributed by atoms with van der Waals surface area (Å²) < 4.78 is 39.7. The van der Waals surface area contributed by atoms with Gasteiger partial charge < -0.3 is 9.47 Å². The number of halogens is 3. The Bertz CT molecular complexity index is 736. The number of nitrogens with zero attached hydrogens (tertiary/aromatic N) is 3. The molecule has 0 saturated heterocycles. The second-order valence-corrected chi connectivity index (χ2v) is 5.38. The lowest BCUT2D eigenvalue weighted by Gasteiger charge is -2.25. The number of alkyl halides is 3. The van der Waals surface area contributed by atoms with Crippen molar-refractivity contribution in [2.24, 2.45) is 7.05 Å². The molecule has 1 aromatic heterocycles. The molecule has 1 atom stereocenters. The standard InChI is InChI=1S/C15H14F3N3O/c1-20-8-13(15(16,17)18)19-14(20)21(2)11-7-12(22)10-6-4-3-5-9(10)11/h3-6,8,11H,7H2,1-2H3. The van der Waals surface area contributed by atoms with E-state index >= 15 is 0 Å². The number of Topliss-reactive ketones (excluding diaryl/α,β-unsaturated/α-hetero) is 1. The largest absolute Gasteiger partial charge is 0.434 e. The van der Waals surface area contributed by atoms with Crippen molar-refractivity contribution in [2.75, 3.05) is 11.9 Å². The van der Waals surface area contributed by atoms with Crippen molar-refractivity contribution in [1.29, 1.82) is 0 Å². The first-order valence-corrected chi connectivity index (χ1v) is 6.74. The third-order valence-corrected chi connectivity index (χ3v) is 3.92. The molecule has 3 rings (SSSR count). The fourth-order valence-electron chi connectivity index (χ4n) is 2.84. The lowest BCUT2D eigenvalue weighted by molar-refractivity contribution is -0.140. The van der Waals surface area contributed by atoms with Gasteiger partial charge in [0.15, 0.2) is 11.5 Å². The summed E-state index contributed by atoms with van der Waals surface area (Å²) in [5.74, 6) is 0.180. The Labute approximate surface area is 125 Å². The van der Waals surface area contributed by atoms with Gasteiger partial charge in [0.25, 0.3) is 0 Å². The van der Waals surface area contributed by atoms with Gasteiger partial charge in [0.05, 0.1) is 6.04 Å². The topological polar surface area (TPSA) is 38.1 Å². The number of aromatic nitrogens is 2. The van der Waals surface area contributed by atoms with Gasteiger partial charge in [-0.25, -0.2) is 4.98 Å². The maximum atomic E-state index is 12.8. The highest BCUT2D eigenvalue weighted by atomic mass is 19.4. The average molecular weight is 309 g/mol. The van der Waals surface area contributed by atoms with E-state index in [4.69, 9.17) is 0 Å². The monoisotopic (exact) mass is 309 g/mol. The van der Waals surface area contributed by atoms with E-state index in [9.17, 15) is 18.0 Å². The van der Waals surface area contributed by atoms with Crippen molar-refractivity contribution in [3.63, 3.8) is 0 Å². The lowest BCUT2D eigenvalue weighted by atomic mass is 10.1. The molecular formula is C15H14F3N3O. The van der Waals surface area contributed by atoms with Crippen LogP contribution in [-0.4, -0.2) is 22.4 Å². The Morgan fingerprint density at radius 3 is 2.64 bits per heavy atom. The van der Waals surface area contributed by atoms with E-state index in [2.05, 4.69) is 4.98 Å². The molecule has 2 aromatic rings. The molecule has 4 nitrogen and oxygen atoms in total. The lowest BCUT2D eigenvalue weighted by Crippen LogP contribution is -2.25. The third kappa shape index (κ3) is 2.26. The van der Waals surface area contributed by atoms with E-state index in [1.54, 1.807) is 24.1 Å². The van der Waals surface area contributed by atoms with Crippen LogP contribution in [0.15, 0.2) is 30.5 Å². The number of hydrogen-bond acceptors (Lipinski definition) is 3. The number of hydrogen-bond donors (Lipinski definition) is 0. The van der Waals surface area contributed by atoms with E-state index in [1.807, 2.05) is 12.1 Å². The smallest absolute Gasteiger partial charge is 0.338 e. The first kappa shape index (κ1) is 14.6. The van der Waals surface area contributed by atoms with E-state index in [0.717, 1.165) is 11.8 Å². The zero-order valence-electron chi connectivity index (χ0n) is 12.1. The molecule has 1 heterocycles. The molecule has 0 saturated carbocycles. The fraction of sp³-hybridized carbons (Fsp3) is 0.333. The highest BCUT2D eigenvalue weighted by molar-refractivity contribution is 6.01. The minimum atomic E-state index is -4.49. The Morgan fingerprint density at radius 1 is 1.32 bits per heavy atom. The maximum Gasteiger partial charge on any atom is 0.434 e. The summed E-state index contributed by atoms with van der Waals surface area (Å²) in [6.45, 7) is 0. The summed E-state index contributed by atoms with van der Waals surface area (Å²) in [6, 6.07) is 6.87. The highest BCUT2D eigenvalue weighted by Crippen LogP contribution is 2.38. The molecule has 1 unspecified atom stereocenters. The number of rotatable bonds is 2. The number of anilines is 1. The van der Waals surface area contributed by atoms with Crippen molar-refractivity contribution in [1.82, 2.24) is 9.55 Å². The molecule has 7 heteroatoms. The van der Waals surface area contributed by atoms with Gasteiger partial charge in [-0.05, 0) is 5.56 Å². The summed E-state index contributed by atoms with van der Waals surface area (Å²) in [7, 11) is 3.17. The van der Waals surface area contributed by atoms with Crippen molar-refractivity contribution in [2.45, 2.75) is 18.6 Å². The van der Waals surface area contributed by atoms with Crippen LogP contribution in [0.5, 0.6) is 0 Å². The fourth-order valence-corrected chi connectivity index (χ4v) is 2.84. The van der Waals surface area contributed by atoms with Crippen molar-refractivity contribution in [3.05, 3.63) is 47.3 Å². The van der Waals surface area contributed by atoms with Crippen LogP contribution in [0.2, 0.25) is 0 Å². The number of carbonyl (C=O) groups is 1. The second-order valence-electron chi connectivity index (χ2n) is 5.38. The quantitative estimate of drug-likeness (QED) is 0.855. The molecular weight excluding hydrogens is 295 g/mol. The van der Waals surface area contributed by atoms with Gasteiger partial charge >= 0.3 is 6.18 Å². The van der Waals surface area contributed by atoms with Crippen molar-refractivity contribution < 1.29 is 18.0 Å². The van der Waals surface area contributed by atoms with Gasteiger partial charge in [-0.2, -0.15) is 13.2 Å². The van der Waals surface area contributed by atoms with Crippen LogP contribution in [0.4, 0.5) is 19.1 Å².